The highest BCUT2D eigenvalue weighted by Crippen LogP contribution is 2.34. The van der Waals surface area contributed by atoms with Crippen LogP contribution >= 0.6 is 33.9 Å². The van der Waals surface area contributed by atoms with E-state index in [0.29, 0.717) is 11.7 Å². The zero-order chi connectivity index (χ0) is 19.0. The number of likely N-dealkylation sites (N-methyl/N-ethyl adjacent to an activating group) is 1. The lowest BCUT2D eigenvalue weighted by Gasteiger charge is -2.31. The Balaban J connectivity index is 1.46. The van der Waals surface area contributed by atoms with E-state index in [4.69, 9.17) is 0 Å². The largest absolute Gasteiger partial charge is 0.304 e. The highest BCUT2D eigenvalue weighted by molar-refractivity contribution is 14.1. The Kier molecular flexibility index (Phi) is 5.44. The van der Waals surface area contributed by atoms with Gasteiger partial charge >= 0.3 is 0 Å². The summed E-state index contributed by atoms with van der Waals surface area (Å²) < 4.78 is 0.965. The molecular weight excluding hydrogens is 475 g/mol. The topological polar surface area (TPSA) is 77.2 Å². The first-order chi connectivity index (χ1) is 13.0. The summed E-state index contributed by atoms with van der Waals surface area (Å²) in [5, 5.41) is 12.0. The number of halogens is 1. The van der Waals surface area contributed by atoms with Gasteiger partial charge in [0.05, 0.1) is 22.6 Å². The van der Waals surface area contributed by atoms with E-state index in [0.717, 1.165) is 56.9 Å². The summed E-state index contributed by atoms with van der Waals surface area (Å²) in [7, 11) is 2.11. The Morgan fingerprint density at radius 3 is 2.89 bits per heavy atom. The molecule has 3 aromatic rings. The number of rotatable bonds is 4. The molecule has 3 heterocycles. The monoisotopic (exact) mass is 496 g/mol. The van der Waals surface area contributed by atoms with Gasteiger partial charge in [0, 0.05) is 31.6 Å². The fourth-order valence-corrected chi connectivity index (χ4v) is 4.78. The molecule has 1 aromatic carbocycles. The number of carbonyl (C=O) groups excluding carboxylic acids is 1. The Morgan fingerprint density at radius 1 is 1.33 bits per heavy atom. The molecule has 0 bridgehead atoms. The van der Waals surface area contributed by atoms with Crippen molar-refractivity contribution in [1.29, 1.82) is 0 Å². The number of nitrogens with zero attached hydrogens (tertiary/aromatic N) is 4. The van der Waals surface area contributed by atoms with Gasteiger partial charge < -0.3 is 10.2 Å². The number of fused-ring (bicyclic) bond motifs is 1. The third-order valence-electron chi connectivity index (χ3n) is 4.78. The van der Waals surface area contributed by atoms with Crippen molar-refractivity contribution < 1.29 is 4.79 Å². The molecule has 9 heteroatoms. The molecule has 0 saturated carbocycles. The van der Waals surface area contributed by atoms with Gasteiger partial charge in [0.15, 0.2) is 5.13 Å². The molecule has 0 aliphatic carbocycles. The fraction of sp³-hybridized carbons (Fsp3) is 0.389. The molecule has 1 saturated heterocycles. The standard InChI is InChI=1S/C18H21IN6OS/c1-11-16(12-3-4-13-14(9-12)22-23-17(13)19)27-18(20-11)21-15(26)10-25-7-5-24(2)6-8-25/h3-4,9H,5-8,10H2,1-2H3,(H,22,23)(H,20,21,26). The number of hydrogen-bond acceptors (Lipinski definition) is 6. The number of benzene rings is 1. The molecule has 1 fully saturated rings. The lowest BCUT2D eigenvalue weighted by atomic mass is 10.1. The van der Waals surface area contributed by atoms with E-state index in [9.17, 15) is 4.79 Å². The summed E-state index contributed by atoms with van der Waals surface area (Å²) in [5.41, 5.74) is 3.01. The van der Waals surface area contributed by atoms with Crippen molar-refractivity contribution >= 4 is 55.9 Å². The van der Waals surface area contributed by atoms with Crippen LogP contribution in [-0.4, -0.2) is 70.7 Å². The molecule has 0 unspecified atom stereocenters. The lowest BCUT2D eigenvalue weighted by Crippen LogP contribution is -2.47. The highest BCUT2D eigenvalue weighted by atomic mass is 127. The van der Waals surface area contributed by atoms with Gasteiger partial charge in [0.1, 0.15) is 3.70 Å². The minimum absolute atomic E-state index is 0.00146. The Hall–Kier alpha value is -1.56. The van der Waals surface area contributed by atoms with Gasteiger partial charge in [-0.1, -0.05) is 17.4 Å². The van der Waals surface area contributed by atoms with Crippen LogP contribution in [0.25, 0.3) is 21.3 Å². The Morgan fingerprint density at radius 2 is 2.11 bits per heavy atom. The summed E-state index contributed by atoms with van der Waals surface area (Å²) in [6.45, 7) is 6.25. The van der Waals surface area contributed by atoms with Gasteiger partial charge in [-0.05, 0) is 54.3 Å². The van der Waals surface area contributed by atoms with Crippen LogP contribution in [0.3, 0.4) is 0 Å². The van der Waals surface area contributed by atoms with Crippen LogP contribution in [0, 0.1) is 10.6 Å². The van der Waals surface area contributed by atoms with Crippen molar-refractivity contribution in [3.63, 3.8) is 0 Å². The predicted molar refractivity (Wildman–Crippen MR) is 117 cm³/mol. The van der Waals surface area contributed by atoms with E-state index in [1.807, 2.05) is 6.92 Å². The highest BCUT2D eigenvalue weighted by Gasteiger charge is 2.18. The van der Waals surface area contributed by atoms with Gasteiger partial charge in [0.25, 0.3) is 0 Å². The molecule has 27 heavy (non-hydrogen) atoms. The molecule has 0 atom stereocenters. The second-order valence-corrected chi connectivity index (χ2v) is 8.86. The van der Waals surface area contributed by atoms with Crippen molar-refractivity contribution in [3.8, 4) is 10.4 Å². The molecule has 0 radical (unpaired) electrons. The van der Waals surface area contributed by atoms with Crippen LogP contribution in [-0.2, 0) is 4.79 Å². The molecule has 1 amide bonds. The number of anilines is 1. The summed E-state index contributed by atoms with van der Waals surface area (Å²) in [6.07, 6.45) is 0. The van der Waals surface area contributed by atoms with Gasteiger partial charge in [-0.15, -0.1) is 0 Å². The van der Waals surface area contributed by atoms with E-state index in [1.54, 1.807) is 0 Å². The minimum Gasteiger partial charge on any atom is -0.304 e. The molecule has 0 spiro atoms. The van der Waals surface area contributed by atoms with Crippen LogP contribution in [0.15, 0.2) is 18.2 Å². The lowest BCUT2D eigenvalue weighted by molar-refractivity contribution is -0.117. The van der Waals surface area contributed by atoms with Crippen molar-refractivity contribution in [3.05, 3.63) is 27.6 Å². The zero-order valence-corrected chi connectivity index (χ0v) is 18.2. The molecule has 4 rings (SSSR count). The van der Waals surface area contributed by atoms with Crippen LogP contribution in [0.1, 0.15) is 5.69 Å². The quantitative estimate of drug-likeness (QED) is 0.544. The molecule has 1 aliphatic rings. The number of aromatic amines is 1. The average Bonchev–Trinajstić information content (AvgIpc) is 3.19. The van der Waals surface area contributed by atoms with Gasteiger partial charge in [0.2, 0.25) is 5.91 Å². The maximum Gasteiger partial charge on any atom is 0.240 e. The first-order valence-electron chi connectivity index (χ1n) is 8.82. The van der Waals surface area contributed by atoms with E-state index in [1.165, 1.54) is 11.3 Å². The smallest absolute Gasteiger partial charge is 0.240 e. The number of piperazine rings is 1. The second-order valence-electron chi connectivity index (χ2n) is 6.84. The van der Waals surface area contributed by atoms with Crippen molar-refractivity contribution in [2.45, 2.75) is 6.92 Å². The number of hydrogen-bond donors (Lipinski definition) is 2. The second kappa shape index (κ2) is 7.82. The van der Waals surface area contributed by atoms with E-state index >= 15 is 0 Å². The number of amides is 1. The minimum atomic E-state index is -0.00146. The summed E-state index contributed by atoms with van der Waals surface area (Å²) in [5.74, 6) is -0.00146. The van der Waals surface area contributed by atoms with E-state index < -0.39 is 0 Å². The van der Waals surface area contributed by atoms with Crippen LogP contribution in [0.4, 0.5) is 5.13 Å². The zero-order valence-electron chi connectivity index (χ0n) is 15.3. The first-order valence-corrected chi connectivity index (χ1v) is 10.7. The maximum atomic E-state index is 12.4. The third-order valence-corrected chi connectivity index (χ3v) is 6.73. The fourth-order valence-electron chi connectivity index (χ4n) is 3.21. The average molecular weight is 496 g/mol. The summed E-state index contributed by atoms with van der Waals surface area (Å²) >= 11 is 3.73. The van der Waals surface area contributed by atoms with Crippen LogP contribution < -0.4 is 5.32 Å². The third kappa shape index (κ3) is 4.15. The number of nitrogens with one attached hydrogen (secondary N) is 2. The normalized spacial score (nSPS) is 16.1. The molecule has 7 nitrogen and oxygen atoms in total. The molecule has 142 valence electrons. The number of H-pyrrole nitrogens is 1. The number of carbonyl (C=O) groups is 1. The first kappa shape index (κ1) is 18.8. The number of aryl methyl sites for hydroxylation is 1. The van der Waals surface area contributed by atoms with E-state index in [2.05, 4.69) is 78.1 Å². The summed E-state index contributed by atoms with van der Waals surface area (Å²) in [4.78, 5) is 22.5. The maximum absolute atomic E-state index is 12.4. The molecular formula is C18H21IN6OS. The van der Waals surface area contributed by atoms with Crippen molar-refractivity contribution in [2.24, 2.45) is 0 Å². The molecule has 1 aliphatic heterocycles. The van der Waals surface area contributed by atoms with Crippen LogP contribution in [0.5, 0.6) is 0 Å². The van der Waals surface area contributed by atoms with Crippen molar-refractivity contribution in [2.75, 3.05) is 45.1 Å². The number of thiazole rings is 1. The van der Waals surface area contributed by atoms with Gasteiger partial charge in [-0.2, -0.15) is 5.10 Å². The van der Waals surface area contributed by atoms with Gasteiger partial charge in [-0.25, -0.2) is 4.98 Å². The number of aromatic nitrogens is 3. The molecule has 2 aromatic heterocycles. The van der Waals surface area contributed by atoms with Crippen LogP contribution in [0.2, 0.25) is 0 Å². The predicted octanol–water partition coefficient (Wildman–Crippen LogP) is 2.79. The SMILES string of the molecule is Cc1nc(NC(=O)CN2CCN(C)CC2)sc1-c1ccc2c(I)n[nH]c2c1. The van der Waals surface area contributed by atoms with Gasteiger partial charge in [-0.3, -0.25) is 14.8 Å². The Labute approximate surface area is 175 Å². The van der Waals surface area contributed by atoms with E-state index in [-0.39, 0.29) is 5.91 Å². The summed E-state index contributed by atoms with van der Waals surface area (Å²) in [6, 6.07) is 6.23. The Bertz CT molecular complexity index is 976. The molecule has 2 N–H and O–H groups in total. The van der Waals surface area contributed by atoms with Crippen molar-refractivity contribution in [1.82, 2.24) is 25.0 Å².